The van der Waals surface area contributed by atoms with E-state index in [2.05, 4.69) is 20.8 Å². The minimum Gasteiger partial charge on any atom is -0.388 e. The SMILES string of the molecule is Cc1ccccc1C(O)CC(C)(C)C. The van der Waals surface area contributed by atoms with Crippen LogP contribution in [0.25, 0.3) is 0 Å². The average Bonchev–Trinajstić information content (AvgIpc) is 2.01. The summed E-state index contributed by atoms with van der Waals surface area (Å²) in [6.07, 6.45) is 0.467. The lowest BCUT2D eigenvalue weighted by molar-refractivity contribution is 0.122. The van der Waals surface area contributed by atoms with Crippen molar-refractivity contribution in [2.75, 3.05) is 0 Å². The minimum absolute atomic E-state index is 0.168. The Hall–Kier alpha value is -0.820. The van der Waals surface area contributed by atoms with E-state index < -0.39 is 0 Å². The van der Waals surface area contributed by atoms with E-state index in [0.29, 0.717) is 0 Å². The number of rotatable bonds is 2. The Kier molecular flexibility index (Phi) is 3.33. The number of benzene rings is 1. The first-order valence-corrected chi connectivity index (χ1v) is 5.14. The molecule has 0 fully saturated rings. The highest BCUT2D eigenvalue weighted by molar-refractivity contribution is 5.27. The standard InChI is InChI=1S/C13H20O/c1-10-7-5-6-8-11(10)12(14)9-13(2,3)4/h5-8,12,14H,9H2,1-4H3. The molecule has 0 aromatic heterocycles. The third-order valence-corrected chi connectivity index (χ3v) is 2.35. The Bertz CT molecular complexity index is 296. The molecule has 0 amide bonds. The van der Waals surface area contributed by atoms with Gasteiger partial charge in [-0.1, -0.05) is 45.0 Å². The fourth-order valence-corrected chi connectivity index (χ4v) is 1.65. The summed E-state index contributed by atoms with van der Waals surface area (Å²) in [4.78, 5) is 0. The lowest BCUT2D eigenvalue weighted by Crippen LogP contribution is -2.12. The quantitative estimate of drug-likeness (QED) is 0.760. The van der Waals surface area contributed by atoms with E-state index in [1.165, 1.54) is 5.56 Å². The van der Waals surface area contributed by atoms with Gasteiger partial charge in [0.25, 0.3) is 0 Å². The van der Waals surface area contributed by atoms with Crippen LogP contribution in [0.2, 0.25) is 0 Å². The van der Waals surface area contributed by atoms with E-state index in [9.17, 15) is 5.11 Å². The van der Waals surface area contributed by atoms with Gasteiger partial charge < -0.3 is 5.11 Å². The van der Waals surface area contributed by atoms with Crippen LogP contribution in [0.5, 0.6) is 0 Å². The highest BCUT2D eigenvalue weighted by Crippen LogP contribution is 2.30. The summed E-state index contributed by atoms with van der Waals surface area (Å²) in [5.41, 5.74) is 2.40. The first-order chi connectivity index (χ1) is 6.40. The molecule has 0 bridgehead atoms. The Labute approximate surface area is 86.8 Å². The molecule has 0 aliphatic rings. The van der Waals surface area contributed by atoms with Crippen LogP contribution >= 0.6 is 0 Å². The van der Waals surface area contributed by atoms with Crippen molar-refractivity contribution < 1.29 is 5.11 Å². The van der Waals surface area contributed by atoms with Gasteiger partial charge in [-0.15, -0.1) is 0 Å². The lowest BCUT2D eigenvalue weighted by Gasteiger charge is -2.23. The molecular weight excluding hydrogens is 172 g/mol. The molecule has 0 spiro atoms. The van der Waals surface area contributed by atoms with Gasteiger partial charge in [0.05, 0.1) is 6.10 Å². The van der Waals surface area contributed by atoms with Gasteiger partial charge in [-0.3, -0.25) is 0 Å². The molecule has 0 saturated carbocycles. The topological polar surface area (TPSA) is 20.2 Å². The van der Waals surface area contributed by atoms with E-state index >= 15 is 0 Å². The van der Waals surface area contributed by atoms with Gasteiger partial charge in [-0.25, -0.2) is 0 Å². The van der Waals surface area contributed by atoms with E-state index in [-0.39, 0.29) is 11.5 Å². The summed E-state index contributed by atoms with van der Waals surface area (Å²) in [7, 11) is 0. The minimum atomic E-state index is -0.337. The number of aliphatic hydroxyl groups is 1. The molecule has 1 atom stereocenters. The van der Waals surface area contributed by atoms with Crippen LogP contribution in [-0.2, 0) is 0 Å². The predicted molar refractivity (Wildman–Crippen MR) is 60.2 cm³/mol. The van der Waals surface area contributed by atoms with Gasteiger partial charge >= 0.3 is 0 Å². The fraction of sp³-hybridized carbons (Fsp3) is 0.538. The van der Waals surface area contributed by atoms with E-state index in [0.717, 1.165) is 12.0 Å². The Balaban J connectivity index is 2.80. The zero-order valence-electron chi connectivity index (χ0n) is 9.54. The molecular formula is C13H20O. The second-order valence-corrected chi connectivity index (χ2v) is 5.14. The zero-order chi connectivity index (χ0) is 10.8. The molecule has 1 unspecified atom stereocenters. The van der Waals surface area contributed by atoms with E-state index in [4.69, 9.17) is 0 Å². The van der Waals surface area contributed by atoms with Crippen molar-refractivity contribution in [3.05, 3.63) is 35.4 Å². The van der Waals surface area contributed by atoms with Crippen molar-refractivity contribution in [1.82, 2.24) is 0 Å². The fourth-order valence-electron chi connectivity index (χ4n) is 1.65. The number of hydrogen-bond acceptors (Lipinski definition) is 1. The Morgan fingerprint density at radius 1 is 1.21 bits per heavy atom. The van der Waals surface area contributed by atoms with E-state index in [1.807, 2.05) is 31.2 Å². The van der Waals surface area contributed by atoms with Crippen molar-refractivity contribution in [2.24, 2.45) is 5.41 Å². The molecule has 14 heavy (non-hydrogen) atoms. The monoisotopic (exact) mass is 192 g/mol. The predicted octanol–water partition coefficient (Wildman–Crippen LogP) is 3.46. The third-order valence-electron chi connectivity index (χ3n) is 2.35. The molecule has 0 aliphatic carbocycles. The lowest BCUT2D eigenvalue weighted by atomic mass is 9.86. The summed E-state index contributed by atoms with van der Waals surface area (Å²) in [6, 6.07) is 8.03. The van der Waals surface area contributed by atoms with Crippen LogP contribution in [0.3, 0.4) is 0 Å². The largest absolute Gasteiger partial charge is 0.388 e. The van der Waals surface area contributed by atoms with Crippen molar-refractivity contribution in [3.63, 3.8) is 0 Å². The molecule has 1 N–H and O–H groups in total. The van der Waals surface area contributed by atoms with Crippen LogP contribution in [0.15, 0.2) is 24.3 Å². The summed E-state index contributed by atoms with van der Waals surface area (Å²) >= 11 is 0. The van der Waals surface area contributed by atoms with Crippen molar-refractivity contribution in [1.29, 1.82) is 0 Å². The first-order valence-electron chi connectivity index (χ1n) is 5.14. The summed E-state index contributed by atoms with van der Waals surface area (Å²) < 4.78 is 0. The summed E-state index contributed by atoms with van der Waals surface area (Å²) in [6.45, 7) is 8.48. The molecule has 0 radical (unpaired) electrons. The molecule has 0 aliphatic heterocycles. The normalized spacial score (nSPS) is 14.1. The second kappa shape index (κ2) is 4.14. The van der Waals surface area contributed by atoms with Gasteiger partial charge in [0.15, 0.2) is 0 Å². The van der Waals surface area contributed by atoms with Gasteiger partial charge in [-0.2, -0.15) is 0 Å². The maximum atomic E-state index is 10.0. The summed E-state index contributed by atoms with van der Waals surface area (Å²) in [5.74, 6) is 0. The van der Waals surface area contributed by atoms with Gasteiger partial charge in [-0.05, 0) is 29.9 Å². The number of hydrogen-bond donors (Lipinski definition) is 1. The van der Waals surface area contributed by atoms with Crippen LogP contribution in [0.1, 0.15) is 44.4 Å². The average molecular weight is 192 g/mol. The van der Waals surface area contributed by atoms with E-state index in [1.54, 1.807) is 0 Å². The molecule has 0 saturated heterocycles. The Morgan fingerprint density at radius 3 is 2.29 bits per heavy atom. The second-order valence-electron chi connectivity index (χ2n) is 5.14. The maximum Gasteiger partial charge on any atom is 0.0797 e. The number of aliphatic hydroxyl groups excluding tert-OH is 1. The molecule has 1 heteroatoms. The highest BCUT2D eigenvalue weighted by atomic mass is 16.3. The third kappa shape index (κ3) is 3.15. The highest BCUT2D eigenvalue weighted by Gasteiger charge is 2.18. The van der Waals surface area contributed by atoms with Gasteiger partial charge in [0, 0.05) is 0 Å². The van der Waals surface area contributed by atoms with Gasteiger partial charge in [0.1, 0.15) is 0 Å². The van der Waals surface area contributed by atoms with Crippen molar-refractivity contribution in [2.45, 2.75) is 40.2 Å². The van der Waals surface area contributed by atoms with Crippen molar-refractivity contribution >= 4 is 0 Å². The Morgan fingerprint density at radius 2 is 1.79 bits per heavy atom. The van der Waals surface area contributed by atoms with Gasteiger partial charge in [0.2, 0.25) is 0 Å². The molecule has 1 nitrogen and oxygen atoms in total. The maximum absolute atomic E-state index is 10.0. The first kappa shape index (κ1) is 11.3. The number of aryl methyl sites for hydroxylation is 1. The van der Waals surface area contributed by atoms with Crippen LogP contribution in [-0.4, -0.2) is 5.11 Å². The molecule has 78 valence electrons. The molecule has 1 aromatic carbocycles. The smallest absolute Gasteiger partial charge is 0.0797 e. The summed E-state index contributed by atoms with van der Waals surface area (Å²) in [5, 5.41) is 10.0. The van der Waals surface area contributed by atoms with Crippen LogP contribution in [0, 0.1) is 12.3 Å². The zero-order valence-corrected chi connectivity index (χ0v) is 9.54. The molecule has 0 heterocycles. The van der Waals surface area contributed by atoms with Crippen molar-refractivity contribution in [3.8, 4) is 0 Å². The van der Waals surface area contributed by atoms with Crippen LogP contribution < -0.4 is 0 Å². The van der Waals surface area contributed by atoms with Crippen LogP contribution in [0.4, 0.5) is 0 Å². The molecule has 1 rings (SSSR count). The molecule has 1 aromatic rings.